The van der Waals surface area contributed by atoms with Gasteiger partial charge in [0, 0.05) is 24.9 Å². The Labute approximate surface area is 161 Å². The molecule has 0 bridgehead atoms. The molecule has 1 aromatic rings. The summed E-state index contributed by atoms with van der Waals surface area (Å²) in [6.45, 7) is 5.75. The van der Waals surface area contributed by atoms with E-state index in [0.29, 0.717) is 23.5 Å². The van der Waals surface area contributed by atoms with Crippen LogP contribution in [0.5, 0.6) is 5.75 Å². The Balaban J connectivity index is 2.16. The molecule has 0 aliphatic carbocycles. The van der Waals surface area contributed by atoms with Crippen molar-refractivity contribution in [1.82, 2.24) is 10.3 Å². The van der Waals surface area contributed by atoms with Gasteiger partial charge in [0.05, 0.1) is 12.8 Å². The number of amides is 3. The van der Waals surface area contributed by atoms with Crippen molar-refractivity contribution < 1.29 is 19.1 Å². The highest BCUT2D eigenvalue weighted by Gasteiger charge is 2.61. The maximum absolute atomic E-state index is 13.4. The summed E-state index contributed by atoms with van der Waals surface area (Å²) in [5, 5.41) is 8.43. The maximum Gasteiger partial charge on any atom is 0.270 e. The van der Waals surface area contributed by atoms with Gasteiger partial charge in [-0.2, -0.15) is 5.01 Å². The fourth-order valence-electron chi connectivity index (χ4n) is 3.18. The van der Waals surface area contributed by atoms with E-state index in [1.54, 1.807) is 38.0 Å². The first-order valence-electron chi connectivity index (χ1n) is 8.83. The summed E-state index contributed by atoms with van der Waals surface area (Å²) in [4.78, 5) is 38.2. The number of hydrazone groups is 1. The second-order valence-corrected chi connectivity index (χ2v) is 7.23. The minimum atomic E-state index is -1.37. The van der Waals surface area contributed by atoms with Gasteiger partial charge < -0.3 is 15.0 Å². The highest BCUT2D eigenvalue weighted by molar-refractivity contribution is 8.15. The Kier molecular flexibility index (Phi) is 5.14. The summed E-state index contributed by atoms with van der Waals surface area (Å²) in [6, 6.07) is 5.34. The number of amidine groups is 1. The van der Waals surface area contributed by atoms with Crippen LogP contribution in [0.15, 0.2) is 23.3 Å². The van der Waals surface area contributed by atoms with E-state index in [2.05, 4.69) is 10.4 Å². The van der Waals surface area contributed by atoms with Crippen LogP contribution in [0.1, 0.15) is 39.2 Å². The number of anilines is 1. The van der Waals surface area contributed by atoms with Crippen molar-refractivity contribution in [2.45, 2.75) is 38.5 Å². The average Bonchev–Trinajstić information content (AvgIpc) is 3.17. The molecule has 3 amide bonds. The van der Waals surface area contributed by atoms with Crippen LogP contribution in [0.3, 0.4) is 0 Å². The Morgan fingerprint density at radius 2 is 2.00 bits per heavy atom. The first-order chi connectivity index (χ1) is 12.9. The molecule has 144 valence electrons. The van der Waals surface area contributed by atoms with Gasteiger partial charge in [0.2, 0.25) is 16.7 Å². The predicted octanol–water partition coefficient (Wildman–Crippen LogP) is 2.00. The number of nitrogens with zero attached hydrogens (tertiary/aromatic N) is 3. The number of nitrogens with one attached hydrogen (secondary N) is 1. The van der Waals surface area contributed by atoms with Gasteiger partial charge in [-0.3, -0.25) is 14.4 Å². The molecule has 1 N–H and O–H groups in total. The van der Waals surface area contributed by atoms with E-state index in [4.69, 9.17) is 4.74 Å². The largest absolute Gasteiger partial charge is 0.497 e. The number of carbonyl (C=O) groups excluding carboxylic acids is 3. The minimum absolute atomic E-state index is 0.180. The molecule has 0 radical (unpaired) electrons. The minimum Gasteiger partial charge on any atom is -0.497 e. The molecule has 0 fully saturated rings. The molecule has 0 saturated carbocycles. The smallest absolute Gasteiger partial charge is 0.270 e. The summed E-state index contributed by atoms with van der Waals surface area (Å²) in [5.74, 6) is -0.215. The van der Waals surface area contributed by atoms with Gasteiger partial charge in [-0.15, -0.1) is 5.10 Å². The molecule has 0 saturated heterocycles. The third-order valence-electron chi connectivity index (χ3n) is 4.55. The molecule has 3 rings (SSSR count). The molecular weight excluding hydrogens is 368 g/mol. The van der Waals surface area contributed by atoms with E-state index >= 15 is 0 Å². The monoisotopic (exact) mass is 390 g/mol. The van der Waals surface area contributed by atoms with E-state index in [1.807, 2.05) is 13.0 Å². The van der Waals surface area contributed by atoms with Crippen LogP contribution in [-0.4, -0.2) is 41.6 Å². The van der Waals surface area contributed by atoms with Crippen molar-refractivity contribution >= 4 is 40.3 Å². The van der Waals surface area contributed by atoms with Crippen LogP contribution in [-0.2, 0) is 19.3 Å². The number of hydrogen-bond acceptors (Lipinski definition) is 6. The zero-order valence-electron chi connectivity index (χ0n) is 15.7. The first-order valence-corrected chi connectivity index (χ1v) is 9.65. The van der Waals surface area contributed by atoms with Crippen LogP contribution >= 0.6 is 11.8 Å². The van der Waals surface area contributed by atoms with E-state index in [1.165, 1.54) is 5.01 Å². The zero-order valence-corrected chi connectivity index (χ0v) is 16.6. The SMILES string of the molecule is CCC(=O)NC1=NN(C(=O)CC)[C@@]2(S1)C(=O)N(CC)c1ccc(OC)cc12. The molecule has 0 aromatic heterocycles. The number of benzene rings is 1. The number of rotatable bonds is 4. The molecule has 1 spiro atoms. The fourth-order valence-corrected chi connectivity index (χ4v) is 4.45. The molecule has 2 aliphatic heterocycles. The van der Waals surface area contributed by atoms with E-state index in [-0.39, 0.29) is 35.7 Å². The van der Waals surface area contributed by atoms with Gasteiger partial charge in [0.25, 0.3) is 5.91 Å². The van der Waals surface area contributed by atoms with Crippen molar-refractivity contribution in [3.63, 3.8) is 0 Å². The predicted molar refractivity (Wildman–Crippen MR) is 103 cm³/mol. The van der Waals surface area contributed by atoms with Crippen LogP contribution in [0, 0.1) is 0 Å². The molecular formula is C18H22N4O4S. The lowest BCUT2D eigenvalue weighted by molar-refractivity contribution is -0.140. The first kappa shape index (κ1) is 19.2. The number of hydrogen-bond donors (Lipinski definition) is 1. The van der Waals surface area contributed by atoms with Crippen molar-refractivity contribution in [2.24, 2.45) is 5.10 Å². The summed E-state index contributed by atoms with van der Waals surface area (Å²) in [7, 11) is 1.54. The Morgan fingerprint density at radius 3 is 2.59 bits per heavy atom. The van der Waals surface area contributed by atoms with E-state index in [9.17, 15) is 14.4 Å². The highest BCUT2D eigenvalue weighted by atomic mass is 32.2. The summed E-state index contributed by atoms with van der Waals surface area (Å²) >= 11 is 1.08. The quantitative estimate of drug-likeness (QED) is 0.849. The second kappa shape index (κ2) is 7.22. The van der Waals surface area contributed by atoms with Crippen LogP contribution in [0.25, 0.3) is 0 Å². The van der Waals surface area contributed by atoms with Crippen molar-refractivity contribution in [3.05, 3.63) is 23.8 Å². The number of thioether (sulfide) groups is 1. The van der Waals surface area contributed by atoms with Gasteiger partial charge in [-0.1, -0.05) is 13.8 Å². The average molecular weight is 390 g/mol. The number of likely N-dealkylation sites (N-methyl/N-ethyl adjacent to an activating group) is 1. The number of ether oxygens (including phenoxy) is 1. The normalized spacial score (nSPS) is 20.7. The lowest BCUT2D eigenvalue weighted by atomic mass is 10.1. The molecule has 1 aromatic carbocycles. The lowest BCUT2D eigenvalue weighted by Gasteiger charge is -2.30. The zero-order chi connectivity index (χ0) is 19.8. The molecule has 2 heterocycles. The summed E-state index contributed by atoms with van der Waals surface area (Å²) in [5.41, 5.74) is 1.34. The molecule has 8 nitrogen and oxygen atoms in total. The van der Waals surface area contributed by atoms with E-state index < -0.39 is 4.87 Å². The van der Waals surface area contributed by atoms with Crippen LogP contribution < -0.4 is 15.0 Å². The van der Waals surface area contributed by atoms with E-state index in [0.717, 1.165) is 11.8 Å². The topological polar surface area (TPSA) is 91.3 Å². The molecule has 27 heavy (non-hydrogen) atoms. The molecule has 1 atom stereocenters. The molecule has 2 aliphatic rings. The van der Waals surface area contributed by atoms with Gasteiger partial charge in [-0.05, 0) is 36.9 Å². The molecule has 9 heteroatoms. The van der Waals surface area contributed by atoms with Crippen molar-refractivity contribution in [1.29, 1.82) is 0 Å². The Bertz CT molecular complexity index is 841. The third kappa shape index (κ3) is 2.86. The maximum atomic E-state index is 13.4. The molecule has 0 unspecified atom stereocenters. The summed E-state index contributed by atoms with van der Waals surface area (Å²) < 4.78 is 5.33. The standard InChI is InChI=1S/C18H22N4O4S/c1-5-14(23)19-17-20-22(15(24)6-2)18(27-17)12-10-11(26-4)8-9-13(12)21(7-3)16(18)25/h8-10H,5-7H2,1-4H3,(H,19,20,23)/t18-/m0/s1. The Morgan fingerprint density at radius 1 is 1.26 bits per heavy atom. The van der Waals surface area contributed by atoms with Crippen LogP contribution in [0.4, 0.5) is 5.69 Å². The highest BCUT2D eigenvalue weighted by Crippen LogP contribution is 2.55. The van der Waals surface area contributed by atoms with Gasteiger partial charge >= 0.3 is 0 Å². The van der Waals surface area contributed by atoms with Crippen molar-refractivity contribution in [2.75, 3.05) is 18.6 Å². The lowest BCUT2D eigenvalue weighted by Crippen LogP contribution is -2.49. The number of methoxy groups -OCH3 is 1. The summed E-state index contributed by atoms with van der Waals surface area (Å²) in [6.07, 6.45) is 0.452. The van der Waals surface area contributed by atoms with Gasteiger partial charge in [-0.25, -0.2) is 0 Å². The Hall–Kier alpha value is -2.55. The third-order valence-corrected chi connectivity index (χ3v) is 5.79. The van der Waals surface area contributed by atoms with Crippen molar-refractivity contribution in [3.8, 4) is 5.75 Å². The number of carbonyl (C=O) groups is 3. The van der Waals surface area contributed by atoms with Gasteiger partial charge in [0.1, 0.15) is 5.75 Å². The number of fused-ring (bicyclic) bond motifs is 2. The van der Waals surface area contributed by atoms with Gasteiger partial charge in [0.15, 0.2) is 5.17 Å². The van der Waals surface area contributed by atoms with Crippen LogP contribution in [0.2, 0.25) is 0 Å². The second-order valence-electron chi connectivity index (χ2n) is 6.04. The fraction of sp³-hybridized carbons (Fsp3) is 0.444.